The summed E-state index contributed by atoms with van der Waals surface area (Å²) in [6.45, 7) is 0.753. The first-order valence-electron chi connectivity index (χ1n) is 17.0. The van der Waals surface area contributed by atoms with E-state index in [0.717, 1.165) is 68.2 Å². The van der Waals surface area contributed by atoms with Crippen LogP contribution in [0.15, 0.2) is 71.7 Å². The second-order valence-corrected chi connectivity index (χ2v) is 13.6. The first kappa shape index (κ1) is 30.7. The molecule has 3 heterocycles. The number of pyridine rings is 1. The van der Waals surface area contributed by atoms with Crippen LogP contribution in [0.25, 0.3) is 0 Å². The number of aliphatic hydroxyl groups is 1. The molecule has 2 aliphatic carbocycles. The van der Waals surface area contributed by atoms with Crippen molar-refractivity contribution in [3.05, 3.63) is 93.9 Å². The van der Waals surface area contributed by atoms with Crippen molar-refractivity contribution < 1.29 is 19.4 Å². The standard InChI is InChI=1S/C37H44N4O5/c42-32(23-38-30-22-37(17-9-18-37)46-33-15-7-6-14-28(30)33)29(20-25-10-2-1-3-11-25)39-35(44)26-21-31(40-19-8-16-34(40)43)36(45)41(24-26)27-12-4-5-13-27/h1-3,6-7,10-11,14-15,21,24,27,29-30,32,38,42H,4-5,8-9,12-13,16-20,22-23H2,(H,39,44)/t29-,30-,32+/m0/s1. The molecule has 4 aliphatic rings. The van der Waals surface area contributed by atoms with Crippen molar-refractivity contribution in [3.8, 4) is 5.75 Å². The second-order valence-electron chi connectivity index (χ2n) is 13.6. The van der Waals surface area contributed by atoms with E-state index in [-0.39, 0.29) is 47.3 Å². The van der Waals surface area contributed by atoms with Crippen molar-refractivity contribution in [1.82, 2.24) is 15.2 Å². The number of anilines is 1. The van der Waals surface area contributed by atoms with Crippen LogP contribution in [-0.4, -0.2) is 52.3 Å². The molecule has 7 rings (SSSR count). The zero-order chi connectivity index (χ0) is 31.7. The molecule has 2 aromatic carbocycles. The van der Waals surface area contributed by atoms with Crippen LogP contribution in [0.1, 0.15) is 97.8 Å². The summed E-state index contributed by atoms with van der Waals surface area (Å²) in [5, 5.41) is 18.4. The molecule has 3 aromatic rings. The summed E-state index contributed by atoms with van der Waals surface area (Å²) in [6.07, 6.45) is 10.1. The average Bonchev–Trinajstić information content (AvgIpc) is 3.75. The number of nitrogens with zero attached hydrogens (tertiary/aromatic N) is 2. The lowest BCUT2D eigenvalue weighted by atomic mass is 9.73. The summed E-state index contributed by atoms with van der Waals surface area (Å²) in [7, 11) is 0. The highest BCUT2D eigenvalue weighted by Crippen LogP contribution is 2.48. The number of nitrogens with one attached hydrogen (secondary N) is 2. The minimum Gasteiger partial charge on any atom is -0.487 e. The first-order chi connectivity index (χ1) is 22.4. The van der Waals surface area contributed by atoms with Gasteiger partial charge in [-0.2, -0.15) is 0 Å². The Kier molecular flexibility index (Phi) is 8.70. The Morgan fingerprint density at radius 2 is 1.76 bits per heavy atom. The van der Waals surface area contributed by atoms with Gasteiger partial charge in [-0.15, -0.1) is 0 Å². The maximum atomic E-state index is 14.0. The van der Waals surface area contributed by atoms with Gasteiger partial charge in [-0.3, -0.25) is 14.4 Å². The highest BCUT2D eigenvalue weighted by molar-refractivity contribution is 5.98. The third kappa shape index (κ3) is 6.22. The lowest BCUT2D eigenvalue weighted by molar-refractivity contribution is -0.117. The second kappa shape index (κ2) is 13.0. The Balaban J connectivity index is 1.14. The van der Waals surface area contributed by atoms with E-state index in [1.165, 1.54) is 4.90 Å². The van der Waals surface area contributed by atoms with Gasteiger partial charge in [0.15, 0.2) is 0 Å². The molecule has 242 valence electrons. The van der Waals surface area contributed by atoms with Gasteiger partial charge in [0.1, 0.15) is 17.0 Å². The summed E-state index contributed by atoms with van der Waals surface area (Å²) in [4.78, 5) is 41.8. The van der Waals surface area contributed by atoms with Crippen molar-refractivity contribution in [2.45, 2.75) is 100 Å². The van der Waals surface area contributed by atoms with E-state index in [9.17, 15) is 19.5 Å². The minimum absolute atomic E-state index is 0.00734. The van der Waals surface area contributed by atoms with Gasteiger partial charge in [-0.05, 0) is 62.6 Å². The number of carbonyl (C=O) groups is 2. The van der Waals surface area contributed by atoms with E-state index in [0.29, 0.717) is 31.4 Å². The molecule has 2 aliphatic heterocycles. The molecule has 3 fully saturated rings. The van der Waals surface area contributed by atoms with Crippen molar-refractivity contribution in [1.29, 1.82) is 0 Å². The molecule has 2 amide bonds. The molecule has 46 heavy (non-hydrogen) atoms. The minimum atomic E-state index is -0.892. The van der Waals surface area contributed by atoms with Crippen molar-refractivity contribution in [3.63, 3.8) is 0 Å². The molecule has 3 N–H and O–H groups in total. The number of benzene rings is 2. The molecule has 9 nitrogen and oxygen atoms in total. The normalized spacial score (nSPS) is 21.8. The number of para-hydroxylation sites is 1. The van der Waals surface area contributed by atoms with Crippen LogP contribution in [0.3, 0.4) is 0 Å². The van der Waals surface area contributed by atoms with Crippen LogP contribution >= 0.6 is 0 Å². The predicted octanol–water partition coefficient (Wildman–Crippen LogP) is 4.83. The zero-order valence-electron chi connectivity index (χ0n) is 26.3. The van der Waals surface area contributed by atoms with E-state index in [4.69, 9.17) is 4.74 Å². The largest absolute Gasteiger partial charge is 0.487 e. The number of fused-ring (bicyclic) bond motifs is 1. The maximum Gasteiger partial charge on any atom is 0.274 e. The highest BCUT2D eigenvalue weighted by Gasteiger charge is 2.45. The number of amides is 2. The molecule has 9 heteroatoms. The van der Waals surface area contributed by atoms with Crippen LogP contribution in [0, 0.1) is 0 Å². The smallest absolute Gasteiger partial charge is 0.274 e. The van der Waals surface area contributed by atoms with Crippen LogP contribution in [0.4, 0.5) is 5.69 Å². The number of aliphatic hydroxyl groups excluding tert-OH is 1. The Morgan fingerprint density at radius 3 is 2.48 bits per heavy atom. The molecular weight excluding hydrogens is 580 g/mol. The lowest BCUT2D eigenvalue weighted by Crippen LogP contribution is -2.52. The maximum absolute atomic E-state index is 14.0. The highest BCUT2D eigenvalue weighted by atomic mass is 16.5. The molecule has 2 saturated carbocycles. The molecular formula is C37H44N4O5. The zero-order valence-corrected chi connectivity index (χ0v) is 26.3. The van der Waals surface area contributed by atoms with Crippen LogP contribution in [0.5, 0.6) is 5.75 Å². The summed E-state index contributed by atoms with van der Waals surface area (Å²) in [5.74, 6) is 0.443. The van der Waals surface area contributed by atoms with Gasteiger partial charge in [0.05, 0.1) is 17.7 Å². The molecule has 3 atom stereocenters. The Labute approximate surface area is 270 Å². The molecule has 1 spiro atoms. The Bertz CT molecular complexity index is 1630. The fourth-order valence-corrected chi connectivity index (χ4v) is 7.75. The monoisotopic (exact) mass is 624 g/mol. The lowest BCUT2D eigenvalue weighted by Gasteiger charge is -2.48. The van der Waals surface area contributed by atoms with Gasteiger partial charge < -0.3 is 29.9 Å². The SMILES string of the molecule is O=C(N[C@@H](Cc1ccccc1)[C@H](O)CN[C@H]1CC2(CCC2)Oc2ccccc21)c1cc(N2CCCC2=O)c(=O)n(C2CCCC2)c1. The first-order valence-corrected chi connectivity index (χ1v) is 17.0. The van der Waals surface area contributed by atoms with E-state index >= 15 is 0 Å². The fraction of sp³-hybridized carbons (Fsp3) is 0.486. The van der Waals surface area contributed by atoms with E-state index < -0.39 is 12.1 Å². The van der Waals surface area contributed by atoms with Crippen LogP contribution in [0.2, 0.25) is 0 Å². The number of hydrogen-bond acceptors (Lipinski definition) is 6. The van der Waals surface area contributed by atoms with Crippen LogP contribution < -0.4 is 25.8 Å². The van der Waals surface area contributed by atoms with E-state index in [1.807, 2.05) is 48.5 Å². The van der Waals surface area contributed by atoms with Gasteiger partial charge in [0, 0.05) is 49.8 Å². The number of hydrogen-bond donors (Lipinski definition) is 3. The third-order valence-electron chi connectivity index (χ3n) is 10.5. The van der Waals surface area contributed by atoms with Gasteiger partial charge in [0.25, 0.3) is 11.5 Å². The van der Waals surface area contributed by atoms with Gasteiger partial charge in [0.2, 0.25) is 5.91 Å². The van der Waals surface area contributed by atoms with E-state index in [2.05, 4.69) is 16.7 Å². The quantitative estimate of drug-likeness (QED) is 0.298. The molecule has 0 bridgehead atoms. The number of rotatable bonds is 10. The Morgan fingerprint density at radius 1 is 1.00 bits per heavy atom. The summed E-state index contributed by atoms with van der Waals surface area (Å²) >= 11 is 0. The molecule has 0 unspecified atom stereocenters. The van der Waals surface area contributed by atoms with Gasteiger partial charge in [-0.1, -0.05) is 61.4 Å². The predicted molar refractivity (Wildman–Crippen MR) is 176 cm³/mol. The van der Waals surface area contributed by atoms with Crippen LogP contribution in [-0.2, 0) is 11.2 Å². The topological polar surface area (TPSA) is 113 Å². The fourth-order valence-electron chi connectivity index (χ4n) is 7.75. The van der Waals surface area contributed by atoms with Crippen molar-refractivity contribution >= 4 is 17.5 Å². The number of ether oxygens (including phenoxy) is 1. The summed E-state index contributed by atoms with van der Waals surface area (Å²) in [5.41, 5.74) is 2.32. The van der Waals surface area contributed by atoms with Gasteiger partial charge in [-0.25, -0.2) is 0 Å². The number of aromatic nitrogens is 1. The molecule has 1 saturated heterocycles. The number of carbonyl (C=O) groups excluding carboxylic acids is 2. The molecule has 0 radical (unpaired) electrons. The Hall–Kier alpha value is -3.95. The van der Waals surface area contributed by atoms with Gasteiger partial charge >= 0.3 is 0 Å². The van der Waals surface area contributed by atoms with E-state index in [1.54, 1.807) is 16.8 Å². The summed E-state index contributed by atoms with van der Waals surface area (Å²) < 4.78 is 8.09. The van der Waals surface area contributed by atoms with Crippen molar-refractivity contribution in [2.75, 3.05) is 18.0 Å². The average molecular weight is 625 g/mol. The summed E-state index contributed by atoms with van der Waals surface area (Å²) in [6, 6.07) is 18.9. The van der Waals surface area contributed by atoms with Crippen molar-refractivity contribution in [2.24, 2.45) is 0 Å². The molecule has 1 aromatic heterocycles. The third-order valence-corrected chi connectivity index (χ3v) is 10.5.